The van der Waals surface area contributed by atoms with Crippen molar-refractivity contribution in [1.29, 1.82) is 0 Å². The van der Waals surface area contributed by atoms with Gasteiger partial charge in [-0.2, -0.15) is 0 Å². The lowest BCUT2D eigenvalue weighted by atomic mass is 9.98. The summed E-state index contributed by atoms with van der Waals surface area (Å²) in [6.07, 6.45) is 6.62. The fourth-order valence-corrected chi connectivity index (χ4v) is 3.70. The zero-order valence-electron chi connectivity index (χ0n) is 18.7. The molecule has 0 aromatic heterocycles. The molecule has 0 heterocycles. The van der Waals surface area contributed by atoms with Gasteiger partial charge in [0.25, 0.3) is 0 Å². The third-order valence-electron chi connectivity index (χ3n) is 5.47. The molecule has 0 N–H and O–H groups in total. The third-order valence-corrected chi connectivity index (χ3v) is 5.47. The molecule has 0 saturated carbocycles. The number of benzene rings is 3. The van der Waals surface area contributed by atoms with Crippen LogP contribution in [0, 0.1) is 5.82 Å². The molecule has 0 aliphatic rings. The second-order valence-electron chi connectivity index (χ2n) is 7.92. The molecule has 0 saturated heterocycles. The van der Waals surface area contributed by atoms with E-state index in [0.29, 0.717) is 12.2 Å². The standard InChI is InChI=1S/C28H33FO2/c1-3-8-22-9-11-23(12-10-22)25-15-18-27(28(29)21-25)24-13-16-26(17-14-24)31-20-7-5-4-6-19-30-2/h9-18,21H,3-8,19-20H2,1-2H3. The summed E-state index contributed by atoms with van der Waals surface area (Å²) in [5, 5.41) is 0. The number of ether oxygens (including phenoxy) is 2. The van der Waals surface area contributed by atoms with E-state index >= 15 is 0 Å². The van der Waals surface area contributed by atoms with Crippen LogP contribution in [-0.2, 0) is 11.2 Å². The summed E-state index contributed by atoms with van der Waals surface area (Å²) in [7, 11) is 1.74. The van der Waals surface area contributed by atoms with Crippen LogP contribution in [0.5, 0.6) is 5.75 Å². The van der Waals surface area contributed by atoms with Gasteiger partial charge in [-0.05, 0) is 66.1 Å². The molecule has 3 rings (SSSR count). The number of unbranched alkanes of at least 4 members (excludes halogenated alkanes) is 3. The van der Waals surface area contributed by atoms with Crippen molar-refractivity contribution in [3.05, 3.63) is 78.1 Å². The van der Waals surface area contributed by atoms with E-state index < -0.39 is 0 Å². The Morgan fingerprint density at radius 3 is 2.00 bits per heavy atom. The third kappa shape index (κ3) is 6.93. The Balaban J connectivity index is 1.57. The smallest absolute Gasteiger partial charge is 0.131 e. The van der Waals surface area contributed by atoms with Crippen molar-refractivity contribution in [2.75, 3.05) is 20.3 Å². The number of halogens is 1. The van der Waals surface area contributed by atoms with Gasteiger partial charge in [0, 0.05) is 19.3 Å². The summed E-state index contributed by atoms with van der Waals surface area (Å²) in [4.78, 5) is 0. The topological polar surface area (TPSA) is 18.5 Å². The van der Waals surface area contributed by atoms with E-state index in [0.717, 1.165) is 67.6 Å². The first kappa shape index (κ1) is 23.0. The molecule has 0 radical (unpaired) electrons. The van der Waals surface area contributed by atoms with Gasteiger partial charge >= 0.3 is 0 Å². The lowest BCUT2D eigenvalue weighted by molar-refractivity contribution is 0.191. The van der Waals surface area contributed by atoms with E-state index in [2.05, 4.69) is 31.2 Å². The van der Waals surface area contributed by atoms with Crippen LogP contribution >= 0.6 is 0 Å². The normalized spacial score (nSPS) is 10.9. The molecular formula is C28H33FO2. The quantitative estimate of drug-likeness (QED) is 0.280. The zero-order valence-corrected chi connectivity index (χ0v) is 18.7. The van der Waals surface area contributed by atoms with Gasteiger partial charge in [0.2, 0.25) is 0 Å². The molecule has 3 aromatic carbocycles. The van der Waals surface area contributed by atoms with E-state index in [-0.39, 0.29) is 5.82 Å². The average Bonchev–Trinajstić information content (AvgIpc) is 2.80. The second kappa shape index (κ2) is 12.3. The predicted octanol–water partition coefficient (Wildman–Crippen LogP) is 7.70. The monoisotopic (exact) mass is 420 g/mol. The molecule has 0 fully saturated rings. The van der Waals surface area contributed by atoms with Gasteiger partial charge in [0.15, 0.2) is 0 Å². The van der Waals surface area contributed by atoms with Crippen LogP contribution in [0.2, 0.25) is 0 Å². The lowest BCUT2D eigenvalue weighted by Crippen LogP contribution is -1.98. The van der Waals surface area contributed by atoms with Crippen LogP contribution in [0.4, 0.5) is 4.39 Å². The van der Waals surface area contributed by atoms with Gasteiger partial charge in [0.1, 0.15) is 11.6 Å². The molecule has 3 aromatic rings. The second-order valence-corrected chi connectivity index (χ2v) is 7.92. The van der Waals surface area contributed by atoms with E-state index in [1.807, 2.05) is 36.4 Å². The minimum absolute atomic E-state index is 0.208. The van der Waals surface area contributed by atoms with E-state index in [1.165, 1.54) is 5.56 Å². The van der Waals surface area contributed by atoms with Gasteiger partial charge in [-0.3, -0.25) is 0 Å². The first-order chi connectivity index (χ1) is 15.2. The number of rotatable bonds is 12. The predicted molar refractivity (Wildman–Crippen MR) is 127 cm³/mol. The lowest BCUT2D eigenvalue weighted by Gasteiger charge is -2.10. The molecule has 0 atom stereocenters. The Labute approximate surface area is 186 Å². The van der Waals surface area contributed by atoms with Gasteiger partial charge in [-0.15, -0.1) is 0 Å². The van der Waals surface area contributed by atoms with Crippen LogP contribution in [0.15, 0.2) is 66.7 Å². The van der Waals surface area contributed by atoms with Crippen molar-refractivity contribution in [2.45, 2.75) is 45.4 Å². The van der Waals surface area contributed by atoms with Crippen LogP contribution in [-0.4, -0.2) is 20.3 Å². The molecule has 0 aliphatic carbocycles. The highest BCUT2D eigenvalue weighted by Crippen LogP contribution is 2.29. The first-order valence-electron chi connectivity index (χ1n) is 11.3. The Bertz CT molecular complexity index is 917. The molecule has 3 heteroatoms. The van der Waals surface area contributed by atoms with Gasteiger partial charge in [0.05, 0.1) is 6.61 Å². The summed E-state index contributed by atoms with van der Waals surface area (Å²) in [6, 6.07) is 21.6. The fourth-order valence-electron chi connectivity index (χ4n) is 3.70. The number of hydrogen-bond acceptors (Lipinski definition) is 2. The van der Waals surface area contributed by atoms with Crippen molar-refractivity contribution < 1.29 is 13.9 Å². The van der Waals surface area contributed by atoms with Crippen LogP contribution < -0.4 is 4.74 Å². The van der Waals surface area contributed by atoms with Crippen LogP contribution in [0.25, 0.3) is 22.3 Å². The maximum Gasteiger partial charge on any atom is 0.131 e. The molecule has 0 spiro atoms. The summed E-state index contributed by atoms with van der Waals surface area (Å²) < 4.78 is 25.7. The van der Waals surface area contributed by atoms with E-state index in [1.54, 1.807) is 13.2 Å². The highest BCUT2D eigenvalue weighted by Gasteiger charge is 2.08. The Hall–Kier alpha value is -2.65. The highest BCUT2D eigenvalue weighted by atomic mass is 19.1. The summed E-state index contributed by atoms with van der Waals surface area (Å²) in [5.41, 5.74) is 4.72. The summed E-state index contributed by atoms with van der Waals surface area (Å²) in [5.74, 6) is 0.615. The van der Waals surface area contributed by atoms with Gasteiger partial charge in [-0.1, -0.05) is 68.3 Å². The Morgan fingerprint density at radius 2 is 1.35 bits per heavy atom. The van der Waals surface area contributed by atoms with Crippen molar-refractivity contribution in [1.82, 2.24) is 0 Å². The highest BCUT2D eigenvalue weighted by molar-refractivity contribution is 5.71. The van der Waals surface area contributed by atoms with Crippen molar-refractivity contribution in [3.8, 4) is 28.0 Å². The number of hydrogen-bond donors (Lipinski definition) is 0. The van der Waals surface area contributed by atoms with Crippen LogP contribution in [0.1, 0.15) is 44.6 Å². The SMILES string of the molecule is CCCc1ccc(-c2ccc(-c3ccc(OCCCCCCOC)cc3)c(F)c2)cc1. The molecular weight excluding hydrogens is 387 g/mol. The molecule has 0 bridgehead atoms. The van der Waals surface area contributed by atoms with Crippen molar-refractivity contribution in [3.63, 3.8) is 0 Å². The minimum atomic E-state index is -0.208. The molecule has 31 heavy (non-hydrogen) atoms. The fraction of sp³-hybridized carbons (Fsp3) is 0.357. The molecule has 0 aliphatic heterocycles. The van der Waals surface area contributed by atoms with Gasteiger partial charge < -0.3 is 9.47 Å². The molecule has 2 nitrogen and oxygen atoms in total. The molecule has 0 unspecified atom stereocenters. The molecule has 0 amide bonds. The maximum absolute atomic E-state index is 14.9. The Kier molecular flexibility index (Phi) is 9.11. The van der Waals surface area contributed by atoms with E-state index in [9.17, 15) is 4.39 Å². The van der Waals surface area contributed by atoms with Crippen LogP contribution in [0.3, 0.4) is 0 Å². The number of methoxy groups -OCH3 is 1. The summed E-state index contributed by atoms with van der Waals surface area (Å²) >= 11 is 0. The largest absolute Gasteiger partial charge is 0.494 e. The van der Waals surface area contributed by atoms with Crippen molar-refractivity contribution >= 4 is 0 Å². The average molecular weight is 421 g/mol. The first-order valence-corrected chi connectivity index (χ1v) is 11.3. The Morgan fingerprint density at radius 1 is 0.710 bits per heavy atom. The molecule has 164 valence electrons. The maximum atomic E-state index is 14.9. The summed E-state index contributed by atoms with van der Waals surface area (Å²) in [6.45, 7) is 3.70. The van der Waals surface area contributed by atoms with Gasteiger partial charge in [-0.25, -0.2) is 4.39 Å². The minimum Gasteiger partial charge on any atom is -0.494 e. The van der Waals surface area contributed by atoms with Crippen molar-refractivity contribution in [2.24, 2.45) is 0 Å². The zero-order chi connectivity index (χ0) is 21.9. The van der Waals surface area contributed by atoms with E-state index in [4.69, 9.17) is 9.47 Å². The number of aryl methyl sites for hydroxylation is 1.